The number of rotatable bonds is 4. The number of oxazole rings is 1. The maximum absolute atomic E-state index is 13.5. The molecule has 3 heterocycles. The summed E-state index contributed by atoms with van der Waals surface area (Å²) in [7, 11) is -3.68. The summed E-state index contributed by atoms with van der Waals surface area (Å²) in [6.45, 7) is 5.43. The number of aryl methyl sites for hydroxylation is 2. The van der Waals surface area contributed by atoms with Gasteiger partial charge in [0.05, 0.1) is 4.90 Å². The Morgan fingerprint density at radius 1 is 1.13 bits per heavy atom. The zero-order valence-corrected chi connectivity index (χ0v) is 18.0. The molecule has 2 saturated heterocycles. The first-order valence-electron chi connectivity index (χ1n) is 10.3. The van der Waals surface area contributed by atoms with Gasteiger partial charge in [-0.15, -0.1) is 0 Å². The SMILES string of the molecule is Cc1cc(S(=O)(=O)N2CCC(c3nc(C(=O)N4CCCC4)c(C)o3)CC2)ccc1F. The molecule has 0 unspecified atom stereocenters. The van der Waals surface area contributed by atoms with Crippen molar-refractivity contribution in [2.24, 2.45) is 0 Å². The molecule has 0 radical (unpaired) electrons. The molecule has 1 aromatic heterocycles. The second kappa shape index (κ2) is 8.11. The van der Waals surface area contributed by atoms with E-state index in [1.165, 1.54) is 22.5 Å². The highest BCUT2D eigenvalue weighted by molar-refractivity contribution is 7.89. The Labute approximate surface area is 175 Å². The van der Waals surface area contributed by atoms with E-state index in [0.29, 0.717) is 48.8 Å². The third-order valence-electron chi connectivity index (χ3n) is 5.98. The molecule has 1 amide bonds. The van der Waals surface area contributed by atoms with Crippen molar-refractivity contribution in [2.45, 2.75) is 50.3 Å². The Kier molecular flexibility index (Phi) is 5.67. The lowest BCUT2D eigenvalue weighted by atomic mass is 9.98. The second-order valence-corrected chi connectivity index (χ2v) is 9.98. The summed E-state index contributed by atoms with van der Waals surface area (Å²) >= 11 is 0. The summed E-state index contributed by atoms with van der Waals surface area (Å²) in [5.41, 5.74) is 0.667. The third kappa shape index (κ3) is 3.88. The van der Waals surface area contributed by atoms with E-state index in [4.69, 9.17) is 4.42 Å². The summed E-state index contributed by atoms with van der Waals surface area (Å²) in [6.07, 6.45) is 3.12. The molecule has 0 saturated carbocycles. The second-order valence-electron chi connectivity index (χ2n) is 8.05. The molecule has 0 bridgehead atoms. The predicted octanol–water partition coefficient (Wildman–Crippen LogP) is 3.23. The topological polar surface area (TPSA) is 83.7 Å². The molecule has 7 nitrogen and oxygen atoms in total. The minimum absolute atomic E-state index is 0.0368. The Hall–Kier alpha value is -2.26. The molecule has 0 atom stereocenters. The van der Waals surface area contributed by atoms with Crippen molar-refractivity contribution in [3.8, 4) is 0 Å². The van der Waals surface area contributed by atoms with Crippen LogP contribution in [0.5, 0.6) is 0 Å². The number of piperidine rings is 1. The van der Waals surface area contributed by atoms with E-state index in [0.717, 1.165) is 25.9 Å². The van der Waals surface area contributed by atoms with E-state index in [9.17, 15) is 17.6 Å². The number of carbonyl (C=O) groups excluding carboxylic acids is 1. The van der Waals surface area contributed by atoms with Crippen LogP contribution in [-0.2, 0) is 10.0 Å². The van der Waals surface area contributed by atoms with Gasteiger partial charge in [-0.05, 0) is 63.3 Å². The standard InChI is InChI=1S/C21H26FN3O4S/c1-14-13-17(5-6-18(14)22)30(27,28)25-11-7-16(8-12-25)20-23-19(15(2)29-20)21(26)24-9-3-4-10-24/h5-6,13,16H,3-4,7-12H2,1-2H3. The van der Waals surface area contributed by atoms with Gasteiger partial charge in [0.1, 0.15) is 11.6 Å². The van der Waals surface area contributed by atoms with Gasteiger partial charge in [0.25, 0.3) is 5.91 Å². The fourth-order valence-electron chi connectivity index (χ4n) is 4.13. The van der Waals surface area contributed by atoms with E-state index >= 15 is 0 Å². The van der Waals surface area contributed by atoms with Crippen LogP contribution in [0.4, 0.5) is 4.39 Å². The molecule has 30 heavy (non-hydrogen) atoms. The van der Waals surface area contributed by atoms with Gasteiger partial charge in [0.2, 0.25) is 10.0 Å². The number of nitrogens with zero attached hydrogens (tertiary/aromatic N) is 3. The largest absolute Gasteiger partial charge is 0.445 e. The molecule has 0 aliphatic carbocycles. The van der Waals surface area contributed by atoms with Crippen molar-refractivity contribution in [1.82, 2.24) is 14.2 Å². The molecule has 4 rings (SSSR count). The van der Waals surface area contributed by atoms with Crippen LogP contribution in [0.25, 0.3) is 0 Å². The molecule has 2 fully saturated rings. The first-order valence-corrected chi connectivity index (χ1v) is 11.7. The molecular formula is C21H26FN3O4S. The molecular weight excluding hydrogens is 409 g/mol. The van der Waals surface area contributed by atoms with Gasteiger partial charge >= 0.3 is 0 Å². The summed E-state index contributed by atoms with van der Waals surface area (Å²) in [5, 5.41) is 0. The normalized spacial score (nSPS) is 18.8. The third-order valence-corrected chi connectivity index (χ3v) is 7.87. The lowest BCUT2D eigenvalue weighted by Gasteiger charge is -2.29. The molecule has 0 spiro atoms. The Bertz CT molecular complexity index is 1050. The highest BCUT2D eigenvalue weighted by atomic mass is 32.2. The zero-order chi connectivity index (χ0) is 21.5. The number of carbonyl (C=O) groups is 1. The monoisotopic (exact) mass is 435 g/mol. The number of aromatic nitrogens is 1. The van der Waals surface area contributed by atoms with Gasteiger partial charge in [-0.25, -0.2) is 17.8 Å². The highest BCUT2D eigenvalue weighted by Crippen LogP contribution is 2.32. The highest BCUT2D eigenvalue weighted by Gasteiger charge is 2.33. The van der Waals surface area contributed by atoms with Crippen molar-refractivity contribution in [2.75, 3.05) is 26.2 Å². The number of amides is 1. The molecule has 2 aromatic rings. The zero-order valence-electron chi connectivity index (χ0n) is 17.2. The van der Waals surface area contributed by atoms with Gasteiger partial charge in [0.15, 0.2) is 11.6 Å². The van der Waals surface area contributed by atoms with Gasteiger partial charge in [-0.2, -0.15) is 4.31 Å². The van der Waals surface area contributed by atoms with Crippen LogP contribution in [-0.4, -0.2) is 54.7 Å². The van der Waals surface area contributed by atoms with E-state index in [1.807, 2.05) is 0 Å². The number of halogens is 1. The molecule has 162 valence electrons. The average Bonchev–Trinajstić information content (AvgIpc) is 3.39. The van der Waals surface area contributed by atoms with Gasteiger partial charge in [0, 0.05) is 32.1 Å². The average molecular weight is 436 g/mol. The minimum atomic E-state index is -3.68. The number of likely N-dealkylation sites (tertiary alicyclic amines) is 1. The fourth-order valence-corrected chi connectivity index (χ4v) is 5.69. The molecule has 0 N–H and O–H groups in total. The summed E-state index contributed by atoms with van der Waals surface area (Å²) < 4.78 is 46.5. The molecule has 1 aromatic carbocycles. The van der Waals surface area contributed by atoms with Gasteiger partial charge in [-0.1, -0.05) is 0 Å². The van der Waals surface area contributed by atoms with Crippen molar-refractivity contribution in [1.29, 1.82) is 0 Å². The first-order chi connectivity index (χ1) is 14.3. The van der Waals surface area contributed by atoms with Crippen LogP contribution in [0, 0.1) is 19.7 Å². The van der Waals surface area contributed by atoms with Crippen molar-refractivity contribution in [3.63, 3.8) is 0 Å². The number of hydrogen-bond acceptors (Lipinski definition) is 5. The van der Waals surface area contributed by atoms with Crippen LogP contribution in [0.1, 0.15) is 59.3 Å². The summed E-state index contributed by atoms with van der Waals surface area (Å²) in [6, 6.07) is 3.85. The van der Waals surface area contributed by atoms with Crippen molar-refractivity contribution < 1.29 is 22.0 Å². The quantitative estimate of drug-likeness (QED) is 0.736. The van der Waals surface area contributed by atoms with Crippen LogP contribution >= 0.6 is 0 Å². The first kappa shape index (κ1) is 21.0. The lowest BCUT2D eigenvalue weighted by molar-refractivity contribution is 0.0786. The van der Waals surface area contributed by atoms with Gasteiger partial charge < -0.3 is 9.32 Å². The van der Waals surface area contributed by atoms with Crippen LogP contribution in [0.3, 0.4) is 0 Å². The van der Waals surface area contributed by atoms with Gasteiger partial charge in [-0.3, -0.25) is 4.79 Å². The van der Waals surface area contributed by atoms with Crippen LogP contribution in [0.15, 0.2) is 27.5 Å². The number of sulfonamides is 1. The Balaban J connectivity index is 1.45. The fraction of sp³-hybridized carbons (Fsp3) is 0.524. The minimum Gasteiger partial charge on any atom is -0.445 e. The number of benzene rings is 1. The smallest absolute Gasteiger partial charge is 0.276 e. The van der Waals surface area contributed by atoms with E-state index in [1.54, 1.807) is 18.7 Å². The molecule has 9 heteroatoms. The lowest BCUT2D eigenvalue weighted by Crippen LogP contribution is -2.38. The Morgan fingerprint density at radius 3 is 2.43 bits per heavy atom. The predicted molar refractivity (Wildman–Crippen MR) is 108 cm³/mol. The number of hydrogen-bond donors (Lipinski definition) is 0. The van der Waals surface area contributed by atoms with Crippen LogP contribution < -0.4 is 0 Å². The molecule has 2 aliphatic heterocycles. The van der Waals surface area contributed by atoms with Crippen molar-refractivity contribution in [3.05, 3.63) is 46.9 Å². The van der Waals surface area contributed by atoms with Crippen LogP contribution in [0.2, 0.25) is 0 Å². The van der Waals surface area contributed by atoms with E-state index in [-0.39, 0.29) is 16.7 Å². The molecule has 2 aliphatic rings. The van der Waals surface area contributed by atoms with E-state index in [2.05, 4.69) is 4.98 Å². The van der Waals surface area contributed by atoms with E-state index < -0.39 is 15.8 Å². The Morgan fingerprint density at radius 2 is 1.80 bits per heavy atom. The maximum atomic E-state index is 13.5. The maximum Gasteiger partial charge on any atom is 0.276 e. The summed E-state index contributed by atoms with van der Waals surface area (Å²) in [5.74, 6) is 0.464. The summed E-state index contributed by atoms with van der Waals surface area (Å²) in [4.78, 5) is 19.0. The van der Waals surface area contributed by atoms with Crippen molar-refractivity contribution >= 4 is 15.9 Å².